The normalized spacial score (nSPS) is 14.3. The first-order chi connectivity index (χ1) is 10.3. The van der Waals surface area contributed by atoms with Crippen LogP contribution in [0.4, 0.5) is 10.1 Å². The van der Waals surface area contributed by atoms with Crippen molar-refractivity contribution >= 4 is 39.4 Å². The van der Waals surface area contributed by atoms with Crippen LogP contribution in [0.25, 0.3) is 0 Å². The number of benzene rings is 1. The van der Waals surface area contributed by atoms with Gasteiger partial charge in [-0.3, -0.25) is 14.5 Å². The van der Waals surface area contributed by atoms with Gasteiger partial charge in [0.15, 0.2) is 0 Å². The number of carbonyl (C=O) groups excluding carboxylic acids is 2. The lowest BCUT2D eigenvalue weighted by Gasteiger charge is -2.14. The third-order valence-electron chi connectivity index (χ3n) is 2.88. The van der Waals surface area contributed by atoms with Crippen molar-refractivity contribution in [3.63, 3.8) is 0 Å². The van der Waals surface area contributed by atoms with E-state index in [1.54, 1.807) is 0 Å². The SMILES string of the molecule is O=C(O)c1cc(F)c(NC2=CC(=O)N(CCO)C2=O)c(Br)c1. The highest BCUT2D eigenvalue weighted by Gasteiger charge is 2.31. The quantitative estimate of drug-likeness (QED) is 0.664. The predicted octanol–water partition coefficient (Wildman–Crippen LogP) is 0.943. The molecule has 0 fully saturated rings. The molecule has 1 aromatic rings. The van der Waals surface area contributed by atoms with Crippen molar-refractivity contribution in [1.82, 2.24) is 4.90 Å². The summed E-state index contributed by atoms with van der Waals surface area (Å²) in [4.78, 5) is 35.2. The molecule has 0 saturated carbocycles. The molecule has 9 heteroatoms. The Morgan fingerprint density at radius 2 is 2.05 bits per heavy atom. The van der Waals surface area contributed by atoms with Crippen molar-refractivity contribution in [2.24, 2.45) is 0 Å². The van der Waals surface area contributed by atoms with E-state index in [0.29, 0.717) is 0 Å². The van der Waals surface area contributed by atoms with E-state index in [1.807, 2.05) is 0 Å². The average Bonchev–Trinajstić information content (AvgIpc) is 2.70. The number of β-amino-alcohol motifs (C(OH)–C–C–N with tert-alkyl or cyclic N) is 1. The Morgan fingerprint density at radius 3 is 2.59 bits per heavy atom. The van der Waals surface area contributed by atoms with Crippen molar-refractivity contribution in [3.8, 4) is 0 Å². The molecule has 2 amide bonds. The molecule has 1 heterocycles. The van der Waals surface area contributed by atoms with Crippen LogP contribution in [0.3, 0.4) is 0 Å². The molecule has 0 aromatic heterocycles. The monoisotopic (exact) mass is 372 g/mol. The zero-order chi connectivity index (χ0) is 16.4. The number of aromatic carboxylic acids is 1. The van der Waals surface area contributed by atoms with Crippen LogP contribution in [0.5, 0.6) is 0 Å². The Morgan fingerprint density at radius 1 is 1.36 bits per heavy atom. The number of halogens is 2. The van der Waals surface area contributed by atoms with Gasteiger partial charge in [0.25, 0.3) is 11.8 Å². The Hall–Kier alpha value is -2.26. The maximum atomic E-state index is 14.0. The largest absolute Gasteiger partial charge is 0.478 e. The fraction of sp³-hybridized carbons (Fsp3) is 0.154. The van der Waals surface area contributed by atoms with E-state index < -0.39 is 23.6 Å². The van der Waals surface area contributed by atoms with Crippen molar-refractivity contribution in [1.29, 1.82) is 0 Å². The molecular formula is C13H10BrFN2O5. The van der Waals surface area contributed by atoms with Gasteiger partial charge in [0, 0.05) is 10.5 Å². The van der Waals surface area contributed by atoms with Crippen molar-refractivity contribution < 1.29 is 29.0 Å². The summed E-state index contributed by atoms with van der Waals surface area (Å²) in [5, 5.41) is 20.1. The van der Waals surface area contributed by atoms with Gasteiger partial charge in [0.1, 0.15) is 11.5 Å². The number of carboxylic acids is 1. The van der Waals surface area contributed by atoms with E-state index in [9.17, 15) is 18.8 Å². The molecule has 1 aliphatic rings. The molecule has 0 bridgehead atoms. The van der Waals surface area contributed by atoms with Crippen LogP contribution >= 0.6 is 15.9 Å². The number of amides is 2. The number of aliphatic hydroxyl groups is 1. The third kappa shape index (κ3) is 3.00. The van der Waals surface area contributed by atoms with Crippen LogP contribution < -0.4 is 5.32 Å². The standard InChI is InChI=1S/C13H10BrFN2O5/c14-7-3-6(13(21)22)4-8(15)11(7)16-9-5-10(19)17(1-2-18)12(9)20/h3-5,16,18H,1-2H2,(H,21,22). The molecule has 1 aromatic carbocycles. The minimum atomic E-state index is -1.30. The van der Waals surface area contributed by atoms with Crippen LogP contribution in [0.15, 0.2) is 28.4 Å². The van der Waals surface area contributed by atoms with Crippen LogP contribution in [-0.4, -0.2) is 46.0 Å². The molecule has 116 valence electrons. The second-order valence-corrected chi connectivity index (χ2v) is 5.18. The summed E-state index contributed by atoms with van der Waals surface area (Å²) in [6.45, 7) is -0.551. The first-order valence-corrected chi connectivity index (χ1v) is 6.82. The topological polar surface area (TPSA) is 107 Å². The number of carbonyl (C=O) groups is 3. The van der Waals surface area contributed by atoms with Gasteiger partial charge in [0.2, 0.25) is 0 Å². The zero-order valence-corrected chi connectivity index (χ0v) is 12.6. The molecule has 22 heavy (non-hydrogen) atoms. The molecule has 3 N–H and O–H groups in total. The van der Waals surface area contributed by atoms with Gasteiger partial charge in [-0.15, -0.1) is 0 Å². The molecule has 7 nitrogen and oxygen atoms in total. The summed E-state index contributed by atoms with van der Waals surface area (Å²) in [7, 11) is 0. The number of anilines is 1. The number of imide groups is 1. The van der Waals surface area contributed by atoms with Crippen molar-refractivity contribution in [3.05, 3.63) is 39.8 Å². The molecule has 0 radical (unpaired) electrons. The number of carboxylic acid groups (broad SMARTS) is 1. The summed E-state index contributed by atoms with van der Waals surface area (Å²) >= 11 is 3.01. The Balaban J connectivity index is 2.29. The maximum absolute atomic E-state index is 14.0. The van der Waals surface area contributed by atoms with E-state index in [1.165, 1.54) is 6.07 Å². The Kier molecular flexibility index (Phi) is 4.57. The highest BCUT2D eigenvalue weighted by atomic mass is 79.9. The molecule has 2 rings (SSSR count). The van der Waals surface area contributed by atoms with Gasteiger partial charge < -0.3 is 15.5 Å². The van der Waals surface area contributed by atoms with Gasteiger partial charge in [0.05, 0.1) is 24.4 Å². The molecule has 0 atom stereocenters. The van der Waals surface area contributed by atoms with Gasteiger partial charge in [-0.25, -0.2) is 9.18 Å². The Labute approximate surface area is 132 Å². The second kappa shape index (κ2) is 6.24. The summed E-state index contributed by atoms with van der Waals surface area (Å²) in [5.74, 6) is -3.52. The minimum absolute atomic E-state index is 0.0895. The minimum Gasteiger partial charge on any atom is -0.478 e. The number of rotatable bonds is 5. The summed E-state index contributed by atoms with van der Waals surface area (Å²) in [6.07, 6.45) is 0.981. The molecule has 0 spiro atoms. The summed E-state index contributed by atoms with van der Waals surface area (Å²) < 4.78 is 14.1. The predicted molar refractivity (Wildman–Crippen MR) is 76.6 cm³/mol. The molecular weight excluding hydrogens is 363 g/mol. The fourth-order valence-electron chi connectivity index (χ4n) is 1.86. The number of nitrogens with one attached hydrogen (secondary N) is 1. The second-order valence-electron chi connectivity index (χ2n) is 4.32. The fourth-order valence-corrected chi connectivity index (χ4v) is 2.40. The zero-order valence-electron chi connectivity index (χ0n) is 11.0. The van der Waals surface area contributed by atoms with Crippen molar-refractivity contribution in [2.45, 2.75) is 0 Å². The van der Waals surface area contributed by atoms with Crippen LogP contribution in [0.1, 0.15) is 10.4 Å². The lowest BCUT2D eigenvalue weighted by molar-refractivity contribution is -0.137. The van der Waals surface area contributed by atoms with Gasteiger partial charge >= 0.3 is 5.97 Å². The number of hydrogen-bond acceptors (Lipinski definition) is 5. The van der Waals surface area contributed by atoms with Crippen molar-refractivity contribution in [2.75, 3.05) is 18.5 Å². The van der Waals surface area contributed by atoms with E-state index in [-0.39, 0.29) is 34.6 Å². The first-order valence-electron chi connectivity index (χ1n) is 6.03. The third-order valence-corrected chi connectivity index (χ3v) is 3.51. The maximum Gasteiger partial charge on any atom is 0.335 e. The van der Waals surface area contributed by atoms with E-state index in [0.717, 1.165) is 17.0 Å². The van der Waals surface area contributed by atoms with Crippen LogP contribution in [0, 0.1) is 5.82 Å². The van der Waals surface area contributed by atoms with Crippen LogP contribution in [0.2, 0.25) is 0 Å². The lowest BCUT2D eigenvalue weighted by atomic mass is 10.2. The highest BCUT2D eigenvalue weighted by molar-refractivity contribution is 9.10. The van der Waals surface area contributed by atoms with Crippen LogP contribution in [-0.2, 0) is 9.59 Å². The lowest BCUT2D eigenvalue weighted by Crippen LogP contribution is -2.34. The van der Waals surface area contributed by atoms with Gasteiger partial charge in [-0.2, -0.15) is 0 Å². The molecule has 0 aliphatic carbocycles. The highest BCUT2D eigenvalue weighted by Crippen LogP contribution is 2.29. The summed E-state index contributed by atoms with van der Waals surface area (Å²) in [5.41, 5.74) is -0.594. The molecule has 0 unspecified atom stereocenters. The number of nitrogens with zero attached hydrogens (tertiary/aromatic N) is 1. The van der Waals surface area contributed by atoms with Gasteiger partial charge in [-0.1, -0.05) is 0 Å². The smallest absolute Gasteiger partial charge is 0.335 e. The van der Waals surface area contributed by atoms with E-state index >= 15 is 0 Å². The number of aliphatic hydroxyl groups excluding tert-OH is 1. The molecule has 1 aliphatic heterocycles. The number of hydrogen-bond donors (Lipinski definition) is 3. The average molecular weight is 373 g/mol. The first kappa shape index (κ1) is 16.1. The summed E-state index contributed by atoms with van der Waals surface area (Å²) in [6, 6.07) is 1.96. The van der Waals surface area contributed by atoms with E-state index in [4.69, 9.17) is 10.2 Å². The Bertz CT molecular complexity index is 681. The van der Waals surface area contributed by atoms with Gasteiger partial charge in [-0.05, 0) is 28.1 Å². The van der Waals surface area contributed by atoms with E-state index in [2.05, 4.69) is 21.2 Å². The molecule has 0 saturated heterocycles.